The summed E-state index contributed by atoms with van der Waals surface area (Å²) < 4.78 is 5.12. The summed E-state index contributed by atoms with van der Waals surface area (Å²) in [6, 6.07) is 0. The van der Waals surface area contributed by atoms with Crippen molar-refractivity contribution in [3.05, 3.63) is 0 Å². The maximum absolute atomic E-state index is 11.8. The molecule has 78 valence electrons. The lowest BCUT2D eigenvalue weighted by Crippen LogP contribution is -2.52. The third-order valence-electron chi connectivity index (χ3n) is 2.85. The van der Waals surface area contributed by atoms with Crippen molar-refractivity contribution in [1.82, 2.24) is 10.6 Å². The minimum Gasteiger partial charge on any atom is -0.382 e. The van der Waals surface area contributed by atoms with Gasteiger partial charge in [0.1, 0.15) is 5.54 Å². The molecule has 0 bridgehead atoms. The van der Waals surface area contributed by atoms with Gasteiger partial charge in [0.25, 0.3) is 5.91 Å². The van der Waals surface area contributed by atoms with E-state index in [1.54, 1.807) is 14.2 Å². The van der Waals surface area contributed by atoms with E-state index in [4.69, 9.17) is 4.74 Å². The molecule has 1 amide bonds. The van der Waals surface area contributed by atoms with Crippen LogP contribution in [-0.4, -0.2) is 38.2 Å². The highest BCUT2D eigenvalue weighted by Gasteiger charge is 2.55. The highest BCUT2D eigenvalue weighted by molar-refractivity contribution is 6.09. The molecule has 1 heterocycles. The Balaban J connectivity index is 2.22. The monoisotopic (exact) mass is 197 g/mol. The van der Waals surface area contributed by atoms with E-state index < -0.39 is 5.54 Å². The number of carbonyl (C=O) groups is 1. The molecule has 1 aliphatic heterocycles. The van der Waals surface area contributed by atoms with Gasteiger partial charge in [-0.3, -0.25) is 15.1 Å². The fourth-order valence-electron chi connectivity index (χ4n) is 1.94. The first-order valence-electron chi connectivity index (χ1n) is 4.78. The molecule has 0 aromatic heterocycles. The van der Waals surface area contributed by atoms with Gasteiger partial charge in [0.15, 0.2) is 5.96 Å². The van der Waals surface area contributed by atoms with Crippen molar-refractivity contribution >= 4 is 11.9 Å². The number of guanidine groups is 1. The zero-order chi connectivity index (χ0) is 10.2. The summed E-state index contributed by atoms with van der Waals surface area (Å²) in [5.41, 5.74) is -0.566. The average molecular weight is 197 g/mol. The number of hydrogen-bond donors (Lipinski definition) is 2. The quantitative estimate of drug-likeness (QED) is 0.640. The molecule has 2 fully saturated rings. The van der Waals surface area contributed by atoms with Crippen molar-refractivity contribution in [2.45, 2.75) is 18.4 Å². The highest BCUT2D eigenvalue weighted by atomic mass is 16.5. The molecule has 1 saturated heterocycles. The SMILES string of the molecule is CN=C1NC(=O)C(COC)(C2CC2)N1. The predicted octanol–water partition coefficient (Wildman–Crippen LogP) is -0.513. The molecule has 0 aromatic rings. The number of nitrogens with one attached hydrogen (secondary N) is 2. The van der Waals surface area contributed by atoms with Crippen molar-refractivity contribution < 1.29 is 9.53 Å². The normalized spacial score (nSPS) is 34.4. The number of nitrogens with zero attached hydrogens (tertiary/aromatic N) is 1. The molecule has 0 radical (unpaired) electrons. The number of carbonyl (C=O) groups excluding carboxylic acids is 1. The van der Waals surface area contributed by atoms with Crippen molar-refractivity contribution in [1.29, 1.82) is 0 Å². The maximum atomic E-state index is 11.8. The van der Waals surface area contributed by atoms with Crippen LogP contribution in [0.15, 0.2) is 4.99 Å². The van der Waals surface area contributed by atoms with Crippen LogP contribution in [0, 0.1) is 5.92 Å². The third kappa shape index (κ3) is 1.28. The van der Waals surface area contributed by atoms with Crippen LogP contribution in [0.25, 0.3) is 0 Å². The minimum atomic E-state index is -0.566. The summed E-state index contributed by atoms with van der Waals surface area (Å²) in [4.78, 5) is 15.7. The molecule has 0 aromatic carbocycles. The Morgan fingerprint density at radius 1 is 1.64 bits per heavy atom. The largest absolute Gasteiger partial charge is 0.382 e. The van der Waals surface area contributed by atoms with Gasteiger partial charge in [-0.2, -0.15) is 0 Å². The Labute approximate surface area is 82.9 Å². The lowest BCUT2D eigenvalue weighted by atomic mass is 9.95. The lowest BCUT2D eigenvalue weighted by molar-refractivity contribution is -0.126. The number of ether oxygens (including phenoxy) is 1. The van der Waals surface area contributed by atoms with Gasteiger partial charge in [-0.1, -0.05) is 0 Å². The summed E-state index contributed by atoms with van der Waals surface area (Å²) in [5, 5.41) is 5.85. The molecule has 1 atom stereocenters. The van der Waals surface area contributed by atoms with E-state index in [-0.39, 0.29) is 5.91 Å². The molecule has 1 aliphatic carbocycles. The van der Waals surface area contributed by atoms with Gasteiger partial charge in [0.2, 0.25) is 0 Å². The molecule has 1 unspecified atom stereocenters. The molecule has 0 spiro atoms. The van der Waals surface area contributed by atoms with E-state index >= 15 is 0 Å². The number of aliphatic imine (C=N–C) groups is 1. The minimum absolute atomic E-state index is 0.0116. The Kier molecular flexibility index (Phi) is 2.19. The topological polar surface area (TPSA) is 62.7 Å². The van der Waals surface area contributed by atoms with E-state index in [1.807, 2.05) is 0 Å². The Morgan fingerprint density at radius 3 is 2.79 bits per heavy atom. The van der Waals surface area contributed by atoms with Crippen LogP contribution < -0.4 is 10.6 Å². The number of rotatable bonds is 3. The van der Waals surface area contributed by atoms with Crippen LogP contribution in [0.3, 0.4) is 0 Å². The maximum Gasteiger partial charge on any atom is 0.255 e. The zero-order valence-electron chi connectivity index (χ0n) is 8.46. The summed E-state index contributed by atoms with van der Waals surface area (Å²) in [7, 11) is 3.26. The van der Waals surface area contributed by atoms with Crippen LogP contribution in [0.5, 0.6) is 0 Å². The molecular weight excluding hydrogens is 182 g/mol. The fraction of sp³-hybridized carbons (Fsp3) is 0.778. The smallest absolute Gasteiger partial charge is 0.255 e. The average Bonchev–Trinajstić information content (AvgIpc) is 2.95. The third-order valence-corrected chi connectivity index (χ3v) is 2.85. The molecule has 5 nitrogen and oxygen atoms in total. The predicted molar refractivity (Wildman–Crippen MR) is 52.0 cm³/mol. The van der Waals surface area contributed by atoms with Crippen LogP contribution in [0.2, 0.25) is 0 Å². The second-order valence-corrected chi connectivity index (χ2v) is 3.83. The van der Waals surface area contributed by atoms with Crippen molar-refractivity contribution in [3.63, 3.8) is 0 Å². The fourth-order valence-corrected chi connectivity index (χ4v) is 1.94. The summed E-state index contributed by atoms with van der Waals surface area (Å²) in [5.74, 6) is 0.933. The second-order valence-electron chi connectivity index (χ2n) is 3.83. The second kappa shape index (κ2) is 3.24. The van der Waals surface area contributed by atoms with E-state index in [2.05, 4.69) is 15.6 Å². The first-order chi connectivity index (χ1) is 6.73. The molecular formula is C9H15N3O2. The van der Waals surface area contributed by atoms with E-state index in [9.17, 15) is 4.79 Å². The lowest BCUT2D eigenvalue weighted by Gasteiger charge is -2.25. The standard InChI is InChI=1S/C9H15N3O2/c1-10-8-11-7(13)9(12-8,5-14-2)6-3-4-6/h6H,3-5H2,1-2H3,(H2,10,11,12,13). The van der Waals surface area contributed by atoms with Gasteiger partial charge in [-0.05, 0) is 18.8 Å². The Hall–Kier alpha value is -1.10. The summed E-state index contributed by atoms with van der Waals surface area (Å²) in [6.07, 6.45) is 2.17. The first kappa shape index (κ1) is 9.45. The van der Waals surface area contributed by atoms with Crippen molar-refractivity contribution in [3.8, 4) is 0 Å². The van der Waals surface area contributed by atoms with Crippen LogP contribution in [-0.2, 0) is 9.53 Å². The molecule has 2 N–H and O–H groups in total. The Bertz CT molecular complexity index is 286. The highest BCUT2D eigenvalue weighted by Crippen LogP contribution is 2.41. The van der Waals surface area contributed by atoms with E-state index in [0.29, 0.717) is 18.5 Å². The van der Waals surface area contributed by atoms with Gasteiger partial charge >= 0.3 is 0 Å². The van der Waals surface area contributed by atoms with E-state index in [1.165, 1.54) is 0 Å². The Morgan fingerprint density at radius 2 is 2.36 bits per heavy atom. The zero-order valence-corrected chi connectivity index (χ0v) is 8.46. The summed E-state index contributed by atoms with van der Waals surface area (Å²) in [6.45, 7) is 0.405. The van der Waals surface area contributed by atoms with Gasteiger partial charge in [-0.15, -0.1) is 0 Å². The van der Waals surface area contributed by atoms with Gasteiger partial charge in [0, 0.05) is 14.2 Å². The molecule has 2 aliphatic rings. The van der Waals surface area contributed by atoms with Gasteiger partial charge in [0.05, 0.1) is 6.61 Å². The van der Waals surface area contributed by atoms with Gasteiger partial charge < -0.3 is 10.1 Å². The molecule has 1 saturated carbocycles. The molecule has 5 heteroatoms. The van der Waals surface area contributed by atoms with Gasteiger partial charge in [-0.25, -0.2) is 0 Å². The van der Waals surface area contributed by atoms with Crippen LogP contribution >= 0.6 is 0 Å². The molecule has 14 heavy (non-hydrogen) atoms. The first-order valence-corrected chi connectivity index (χ1v) is 4.78. The number of amides is 1. The summed E-state index contributed by atoms with van der Waals surface area (Å²) >= 11 is 0. The van der Waals surface area contributed by atoms with Crippen molar-refractivity contribution in [2.24, 2.45) is 10.9 Å². The van der Waals surface area contributed by atoms with Crippen molar-refractivity contribution in [2.75, 3.05) is 20.8 Å². The van der Waals surface area contributed by atoms with E-state index in [0.717, 1.165) is 12.8 Å². The van der Waals surface area contributed by atoms with Crippen LogP contribution in [0.1, 0.15) is 12.8 Å². The number of hydrogen-bond acceptors (Lipinski definition) is 3. The van der Waals surface area contributed by atoms with Crippen LogP contribution in [0.4, 0.5) is 0 Å². The molecule has 2 rings (SSSR count). The number of methoxy groups -OCH3 is 1.